The zero-order chi connectivity index (χ0) is 30.5. The summed E-state index contributed by atoms with van der Waals surface area (Å²) in [5.74, 6) is -0.887. The molecule has 0 unspecified atom stereocenters. The molecule has 1 aliphatic rings. The summed E-state index contributed by atoms with van der Waals surface area (Å²) in [5.41, 5.74) is 3.57. The first-order chi connectivity index (χ1) is 21.3. The van der Waals surface area contributed by atoms with Gasteiger partial charge in [0.25, 0.3) is 17.5 Å². The number of para-hydroxylation sites is 1. The minimum Gasteiger partial charge on any atom is -0.384 e. The number of non-ortho nitro benzene ring substituents is 1. The number of aromatic nitrogens is 2. The Morgan fingerprint density at radius 1 is 0.909 bits per heavy atom. The summed E-state index contributed by atoms with van der Waals surface area (Å²) >= 11 is 0. The summed E-state index contributed by atoms with van der Waals surface area (Å²) in [6.07, 6.45) is 3.12. The minimum atomic E-state index is -0.527. The number of nitro groups is 1. The van der Waals surface area contributed by atoms with Crippen LogP contribution in [0.25, 0.3) is 38.1 Å². The van der Waals surface area contributed by atoms with E-state index in [4.69, 9.17) is 0 Å². The van der Waals surface area contributed by atoms with E-state index in [1.807, 2.05) is 47.8 Å². The van der Waals surface area contributed by atoms with Crippen LogP contribution in [0.4, 0.5) is 11.4 Å². The summed E-state index contributed by atoms with van der Waals surface area (Å²) in [6, 6.07) is 19.0. The van der Waals surface area contributed by atoms with Crippen LogP contribution in [0.1, 0.15) is 33.6 Å². The van der Waals surface area contributed by atoms with Crippen LogP contribution in [0.15, 0.2) is 77.9 Å². The van der Waals surface area contributed by atoms with Crippen LogP contribution in [0.5, 0.6) is 0 Å². The van der Waals surface area contributed by atoms with Gasteiger partial charge in [0.15, 0.2) is 5.43 Å². The first kappa shape index (κ1) is 27.4. The lowest BCUT2D eigenvalue weighted by Crippen LogP contribution is -2.41. The molecule has 1 N–H and O–H groups in total. The molecular formula is C33H28N6O5. The average Bonchev–Trinajstić information content (AvgIpc) is 3.47. The number of imide groups is 1. The van der Waals surface area contributed by atoms with E-state index in [2.05, 4.69) is 15.2 Å². The number of carbonyl (C=O) groups excluding carboxylic acids is 2. The van der Waals surface area contributed by atoms with Crippen molar-refractivity contribution in [3.8, 4) is 0 Å². The van der Waals surface area contributed by atoms with E-state index in [0.29, 0.717) is 46.6 Å². The van der Waals surface area contributed by atoms with Gasteiger partial charge in [0.1, 0.15) is 6.33 Å². The summed E-state index contributed by atoms with van der Waals surface area (Å²) in [7, 11) is 1.98. The number of nitrogens with zero attached hydrogens (tertiary/aromatic N) is 5. The Bertz CT molecular complexity index is 2190. The van der Waals surface area contributed by atoms with Gasteiger partial charge in [-0.25, -0.2) is 4.98 Å². The molecule has 0 spiro atoms. The Morgan fingerprint density at radius 3 is 2.55 bits per heavy atom. The van der Waals surface area contributed by atoms with Crippen molar-refractivity contribution in [2.45, 2.75) is 12.8 Å². The van der Waals surface area contributed by atoms with E-state index in [-0.39, 0.29) is 29.1 Å². The number of rotatable bonds is 10. The fourth-order valence-electron chi connectivity index (χ4n) is 6.31. The van der Waals surface area contributed by atoms with Gasteiger partial charge in [-0.3, -0.25) is 33.8 Å². The van der Waals surface area contributed by atoms with Crippen molar-refractivity contribution in [3.63, 3.8) is 0 Å². The Balaban J connectivity index is 0.977. The molecule has 0 aliphatic carbocycles. The predicted molar refractivity (Wildman–Crippen MR) is 169 cm³/mol. The Hall–Kier alpha value is -5.42. The number of hydrogen-bond donors (Lipinski definition) is 1. The second-order valence-corrected chi connectivity index (χ2v) is 11.2. The molecule has 0 radical (unpaired) electrons. The van der Waals surface area contributed by atoms with Crippen molar-refractivity contribution in [1.82, 2.24) is 19.2 Å². The number of anilines is 1. The van der Waals surface area contributed by atoms with E-state index < -0.39 is 10.8 Å². The van der Waals surface area contributed by atoms with Crippen LogP contribution in [0, 0.1) is 10.1 Å². The van der Waals surface area contributed by atoms with Gasteiger partial charge in [-0.15, -0.1) is 0 Å². The molecule has 0 saturated carbocycles. The lowest BCUT2D eigenvalue weighted by molar-refractivity contribution is -0.384. The molecule has 11 nitrogen and oxygen atoms in total. The molecular weight excluding hydrogens is 560 g/mol. The average molecular weight is 589 g/mol. The number of nitrogens with one attached hydrogen (secondary N) is 1. The summed E-state index contributed by atoms with van der Waals surface area (Å²) < 4.78 is 1.97. The van der Waals surface area contributed by atoms with Gasteiger partial charge >= 0.3 is 0 Å². The molecule has 0 fully saturated rings. The molecule has 44 heavy (non-hydrogen) atoms. The number of amides is 2. The van der Waals surface area contributed by atoms with Gasteiger partial charge in [0.2, 0.25) is 0 Å². The third-order valence-corrected chi connectivity index (χ3v) is 8.42. The number of nitro benzene ring substituents is 1. The van der Waals surface area contributed by atoms with E-state index in [0.717, 1.165) is 35.2 Å². The van der Waals surface area contributed by atoms with Crippen molar-refractivity contribution in [1.29, 1.82) is 0 Å². The number of benzene rings is 4. The monoisotopic (exact) mass is 588 g/mol. The quantitative estimate of drug-likeness (QED) is 0.0785. The molecule has 7 rings (SSSR count). The third-order valence-electron chi connectivity index (χ3n) is 8.42. The molecule has 0 bridgehead atoms. The molecule has 6 aromatic rings. The zero-order valence-corrected chi connectivity index (χ0v) is 23.9. The highest BCUT2D eigenvalue weighted by Crippen LogP contribution is 2.33. The van der Waals surface area contributed by atoms with Crippen LogP contribution < -0.4 is 10.7 Å². The van der Waals surface area contributed by atoms with Gasteiger partial charge in [-0.1, -0.05) is 24.3 Å². The zero-order valence-electron chi connectivity index (χ0n) is 23.9. The van der Waals surface area contributed by atoms with E-state index in [1.54, 1.807) is 24.5 Å². The standard InChI is InChI=1S/C33H28N6O5/c1-36(15-6-16-37-32(41)23-9-4-7-20-17-21(39(43)44)18-24(28(20)23)33(37)42)14-5-13-34-25-11-12-26-30-29(25)31(40)22-8-2-3-10-27(22)38(30)19-35-26/h2-4,7-12,17-19,34H,5-6,13-16H2,1H3. The highest BCUT2D eigenvalue weighted by atomic mass is 16.6. The maximum Gasteiger partial charge on any atom is 0.270 e. The van der Waals surface area contributed by atoms with E-state index in [1.165, 1.54) is 17.0 Å². The molecule has 11 heteroatoms. The number of pyridine rings is 1. The number of hydrogen-bond acceptors (Lipinski definition) is 8. The summed E-state index contributed by atoms with van der Waals surface area (Å²) in [6.45, 7) is 2.26. The minimum absolute atomic E-state index is 0.0194. The highest BCUT2D eigenvalue weighted by molar-refractivity contribution is 6.25. The third kappa shape index (κ3) is 4.40. The lowest BCUT2D eigenvalue weighted by atomic mass is 9.93. The summed E-state index contributed by atoms with van der Waals surface area (Å²) in [4.78, 5) is 58.6. The largest absolute Gasteiger partial charge is 0.384 e. The molecule has 4 aromatic carbocycles. The van der Waals surface area contributed by atoms with Crippen molar-refractivity contribution in [2.75, 3.05) is 38.5 Å². The molecule has 2 amide bonds. The lowest BCUT2D eigenvalue weighted by Gasteiger charge is -2.27. The van der Waals surface area contributed by atoms with Crippen molar-refractivity contribution < 1.29 is 14.5 Å². The molecule has 2 aromatic heterocycles. The van der Waals surface area contributed by atoms with Crippen LogP contribution in [0.3, 0.4) is 0 Å². The number of fused-ring (bicyclic) bond motifs is 2. The fourth-order valence-corrected chi connectivity index (χ4v) is 6.31. The van der Waals surface area contributed by atoms with Gasteiger partial charge in [0, 0.05) is 47.2 Å². The van der Waals surface area contributed by atoms with E-state index in [9.17, 15) is 24.5 Å². The number of carbonyl (C=O) groups is 2. The van der Waals surface area contributed by atoms with Gasteiger partial charge in [0.05, 0.1) is 32.4 Å². The van der Waals surface area contributed by atoms with Gasteiger partial charge < -0.3 is 10.2 Å². The maximum absolute atomic E-state index is 13.4. The normalized spacial score (nSPS) is 13.3. The van der Waals surface area contributed by atoms with Crippen molar-refractivity contribution in [2.24, 2.45) is 0 Å². The van der Waals surface area contributed by atoms with Gasteiger partial charge in [-0.2, -0.15) is 0 Å². The molecule has 0 atom stereocenters. The van der Waals surface area contributed by atoms with Crippen molar-refractivity contribution >= 4 is 61.3 Å². The molecule has 1 aliphatic heterocycles. The Morgan fingerprint density at radius 2 is 1.70 bits per heavy atom. The highest BCUT2D eigenvalue weighted by Gasteiger charge is 2.34. The first-order valence-electron chi connectivity index (χ1n) is 14.5. The molecule has 0 saturated heterocycles. The smallest absolute Gasteiger partial charge is 0.270 e. The van der Waals surface area contributed by atoms with E-state index >= 15 is 0 Å². The van der Waals surface area contributed by atoms with Crippen molar-refractivity contribution in [3.05, 3.63) is 105 Å². The topological polar surface area (TPSA) is 130 Å². The second-order valence-electron chi connectivity index (χ2n) is 11.2. The SMILES string of the molecule is CN(CCCNc1ccc2ncn3c4ccccc4c(=O)c1c23)CCCN1C(=O)c2cccc3cc([N+](=O)[O-])cc(c23)C1=O. The second kappa shape index (κ2) is 10.7. The molecule has 220 valence electrons. The summed E-state index contributed by atoms with van der Waals surface area (Å²) in [5, 5.41) is 17.1. The fraction of sp³-hybridized carbons (Fsp3) is 0.212. The van der Waals surface area contributed by atoms with Gasteiger partial charge in [-0.05, 0) is 68.7 Å². The number of imidazole rings is 1. The molecule has 3 heterocycles. The maximum atomic E-state index is 13.4. The first-order valence-corrected chi connectivity index (χ1v) is 14.5. The van der Waals surface area contributed by atoms with Crippen LogP contribution >= 0.6 is 0 Å². The Labute approximate surface area is 250 Å². The predicted octanol–water partition coefficient (Wildman–Crippen LogP) is 4.92. The van der Waals surface area contributed by atoms with Crippen LogP contribution in [-0.4, -0.2) is 69.1 Å². The van der Waals surface area contributed by atoms with Crippen LogP contribution in [-0.2, 0) is 0 Å². The van der Waals surface area contributed by atoms with Crippen LogP contribution in [0.2, 0.25) is 0 Å². The Kier molecular flexibility index (Phi) is 6.66.